The molecule has 1 aliphatic rings. The van der Waals surface area contributed by atoms with E-state index in [0.717, 1.165) is 48.2 Å². The van der Waals surface area contributed by atoms with Crippen LogP contribution >= 0.6 is 15.9 Å². The van der Waals surface area contributed by atoms with Gasteiger partial charge in [0.1, 0.15) is 5.75 Å². The summed E-state index contributed by atoms with van der Waals surface area (Å²) in [7, 11) is 1.71. The van der Waals surface area contributed by atoms with Crippen molar-refractivity contribution in [2.75, 3.05) is 38.2 Å². The summed E-state index contributed by atoms with van der Waals surface area (Å²) < 4.78 is 6.39. The van der Waals surface area contributed by atoms with Gasteiger partial charge in [0.2, 0.25) is 0 Å². The fourth-order valence-electron chi connectivity index (χ4n) is 2.66. The second-order valence-corrected chi connectivity index (χ2v) is 6.83. The molecule has 1 saturated heterocycles. The number of hydrogen-bond acceptors (Lipinski definition) is 3. The van der Waals surface area contributed by atoms with Gasteiger partial charge in [-0.1, -0.05) is 13.8 Å². The smallest absolute Gasteiger partial charge is 0.135 e. The Bertz CT molecular complexity index is 436. The van der Waals surface area contributed by atoms with Gasteiger partial charge < -0.3 is 15.0 Å². The van der Waals surface area contributed by atoms with Gasteiger partial charge >= 0.3 is 0 Å². The van der Waals surface area contributed by atoms with Crippen molar-refractivity contribution < 1.29 is 4.74 Å². The third-order valence-corrected chi connectivity index (χ3v) is 4.43. The lowest BCUT2D eigenvalue weighted by atomic mass is 10.1. The van der Waals surface area contributed by atoms with Crippen molar-refractivity contribution in [3.63, 3.8) is 0 Å². The van der Waals surface area contributed by atoms with Gasteiger partial charge in [-0.25, -0.2) is 0 Å². The Balaban J connectivity index is 1.89. The summed E-state index contributed by atoms with van der Waals surface area (Å²) in [4.78, 5) is 2.46. The number of nitrogens with one attached hydrogen (secondary N) is 1. The van der Waals surface area contributed by atoms with Crippen LogP contribution in [0.25, 0.3) is 0 Å². The number of methoxy groups -OCH3 is 1. The van der Waals surface area contributed by atoms with Crippen molar-refractivity contribution in [1.29, 1.82) is 0 Å². The molecule has 1 aromatic carbocycles. The largest absolute Gasteiger partial charge is 0.495 e. The zero-order valence-corrected chi connectivity index (χ0v) is 14.2. The predicted molar refractivity (Wildman–Crippen MR) is 88.7 cm³/mol. The van der Waals surface area contributed by atoms with Crippen LogP contribution in [-0.2, 0) is 0 Å². The molecule has 0 saturated carbocycles. The molecule has 1 aliphatic heterocycles. The van der Waals surface area contributed by atoms with Gasteiger partial charge in [-0.05, 0) is 59.4 Å². The summed E-state index contributed by atoms with van der Waals surface area (Å²) in [5.41, 5.74) is 1.26. The SMILES string of the molecule is COc1cc(N2CCC(CNCC(C)C)C2)ccc1Br. The number of hydrogen-bond donors (Lipinski definition) is 1. The lowest BCUT2D eigenvalue weighted by Gasteiger charge is -2.20. The molecule has 0 aliphatic carbocycles. The van der Waals surface area contributed by atoms with Crippen LogP contribution in [0.4, 0.5) is 5.69 Å². The number of anilines is 1. The van der Waals surface area contributed by atoms with Crippen molar-refractivity contribution in [3.8, 4) is 5.75 Å². The zero-order chi connectivity index (χ0) is 14.5. The Morgan fingerprint density at radius 3 is 2.95 bits per heavy atom. The van der Waals surface area contributed by atoms with E-state index >= 15 is 0 Å². The minimum atomic E-state index is 0.725. The van der Waals surface area contributed by atoms with E-state index < -0.39 is 0 Å². The predicted octanol–water partition coefficient (Wildman–Crippen LogP) is 3.53. The second kappa shape index (κ2) is 7.32. The minimum Gasteiger partial charge on any atom is -0.495 e. The molecular weight excluding hydrogens is 316 g/mol. The molecule has 1 fully saturated rings. The summed E-state index contributed by atoms with van der Waals surface area (Å²) in [6.45, 7) is 9.02. The molecule has 0 spiro atoms. The summed E-state index contributed by atoms with van der Waals surface area (Å²) in [5.74, 6) is 2.38. The van der Waals surface area contributed by atoms with Gasteiger partial charge in [0, 0.05) is 24.8 Å². The van der Waals surface area contributed by atoms with Crippen LogP contribution in [0.5, 0.6) is 5.75 Å². The quantitative estimate of drug-likeness (QED) is 0.857. The molecule has 4 heteroatoms. The molecule has 112 valence electrons. The van der Waals surface area contributed by atoms with Gasteiger partial charge in [-0.3, -0.25) is 0 Å². The number of halogens is 1. The maximum atomic E-state index is 5.38. The van der Waals surface area contributed by atoms with Crippen LogP contribution in [0.1, 0.15) is 20.3 Å². The summed E-state index contributed by atoms with van der Waals surface area (Å²) in [6.07, 6.45) is 1.27. The van der Waals surface area contributed by atoms with Crippen molar-refractivity contribution in [2.45, 2.75) is 20.3 Å². The lowest BCUT2D eigenvalue weighted by Crippen LogP contribution is -2.28. The summed E-state index contributed by atoms with van der Waals surface area (Å²) in [6, 6.07) is 6.35. The average Bonchev–Trinajstić information content (AvgIpc) is 2.87. The maximum Gasteiger partial charge on any atom is 0.135 e. The van der Waals surface area contributed by atoms with Gasteiger partial charge in [0.25, 0.3) is 0 Å². The molecule has 1 atom stereocenters. The first-order valence-corrected chi connectivity index (χ1v) is 8.18. The van der Waals surface area contributed by atoms with Crippen LogP contribution in [0.3, 0.4) is 0 Å². The highest BCUT2D eigenvalue weighted by atomic mass is 79.9. The van der Waals surface area contributed by atoms with Gasteiger partial charge in [-0.2, -0.15) is 0 Å². The number of benzene rings is 1. The van der Waals surface area contributed by atoms with Gasteiger partial charge in [0.15, 0.2) is 0 Å². The highest BCUT2D eigenvalue weighted by molar-refractivity contribution is 9.10. The number of ether oxygens (including phenoxy) is 1. The molecule has 3 nitrogen and oxygen atoms in total. The average molecular weight is 341 g/mol. The van der Waals surface area contributed by atoms with E-state index in [9.17, 15) is 0 Å². The molecule has 1 aromatic rings. The van der Waals surface area contributed by atoms with Gasteiger partial charge in [-0.15, -0.1) is 0 Å². The topological polar surface area (TPSA) is 24.5 Å². The van der Waals surface area contributed by atoms with E-state index in [2.05, 4.69) is 58.2 Å². The summed E-state index contributed by atoms with van der Waals surface area (Å²) >= 11 is 3.51. The molecule has 0 radical (unpaired) electrons. The normalized spacial score (nSPS) is 18.9. The second-order valence-electron chi connectivity index (χ2n) is 5.97. The zero-order valence-electron chi connectivity index (χ0n) is 12.7. The molecule has 0 amide bonds. The van der Waals surface area contributed by atoms with E-state index in [1.54, 1.807) is 7.11 Å². The van der Waals surface area contributed by atoms with Crippen LogP contribution < -0.4 is 15.0 Å². The molecule has 1 unspecified atom stereocenters. The van der Waals surface area contributed by atoms with Crippen molar-refractivity contribution in [3.05, 3.63) is 22.7 Å². The molecular formula is C16H25BrN2O. The molecule has 0 bridgehead atoms. The van der Waals surface area contributed by atoms with Crippen LogP contribution in [0.15, 0.2) is 22.7 Å². The Morgan fingerprint density at radius 1 is 1.45 bits per heavy atom. The van der Waals surface area contributed by atoms with Gasteiger partial charge in [0.05, 0.1) is 11.6 Å². The monoisotopic (exact) mass is 340 g/mol. The molecule has 20 heavy (non-hydrogen) atoms. The van der Waals surface area contributed by atoms with E-state index in [1.807, 2.05) is 0 Å². The highest BCUT2D eigenvalue weighted by Crippen LogP contribution is 2.32. The van der Waals surface area contributed by atoms with E-state index in [4.69, 9.17) is 4.74 Å². The van der Waals surface area contributed by atoms with E-state index in [0.29, 0.717) is 0 Å². The Kier molecular flexibility index (Phi) is 5.73. The van der Waals surface area contributed by atoms with Crippen LogP contribution in [0, 0.1) is 11.8 Å². The first-order valence-electron chi connectivity index (χ1n) is 7.39. The Morgan fingerprint density at radius 2 is 2.25 bits per heavy atom. The molecule has 1 N–H and O–H groups in total. The standard InChI is InChI=1S/C16H25BrN2O/c1-12(2)9-18-10-13-6-7-19(11-13)14-4-5-15(17)16(8-14)20-3/h4-5,8,12-13,18H,6-7,9-11H2,1-3H3. The van der Waals surface area contributed by atoms with Crippen LogP contribution in [0.2, 0.25) is 0 Å². The molecule has 0 aromatic heterocycles. The number of nitrogens with zero attached hydrogens (tertiary/aromatic N) is 1. The first-order chi connectivity index (χ1) is 9.60. The lowest BCUT2D eigenvalue weighted by molar-refractivity contribution is 0.412. The third kappa shape index (κ3) is 4.13. The highest BCUT2D eigenvalue weighted by Gasteiger charge is 2.22. The Labute approximate surface area is 130 Å². The van der Waals surface area contributed by atoms with E-state index in [-0.39, 0.29) is 0 Å². The van der Waals surface area contributed by atoms with Crippen LogP contribution in [-0.4, -0.2) is 33.3 Å². The van der Waals surface area contributed by atoms with Crippen molar-refractivity contribution >= 4 is 21.6 Å². The fourth-order valence-corrected chi connectivity index (χ4v) is 3.06. The Hall–Kier alpha value is -0.740. The fraction of sp³-hybridized carbons (Fsp3) is 0.625. The van der Waals surface area contributed by atoms with Crippen molar-refractivity contribution in [1.82, 2.24) is 5.32 Å². The summed E-state index contributed by atoms with van der Waals surface area (Å²) in [5, 5.41) is 3.57. The minimum absolute atomic E-state index is 0.725. The first kappa shape index (κ1) is 15.6. The number of rotatable bonds is 6. The maximum absolute atomic E-state index is 5.38. The van der Waals surface area contributed by atoms with E-state index in [1.165, 1.54) is 12.1 Å². The molecule has 1 heterocycles. The molecule has 2 rings (SSSR count). The van der Waals surface area contributed by atoms with Crippen molar-refractivity contribution in [2.24, 2.45) is 11.8 Å². The third-order valence-electron chi connectivity index (χ3n) is 3.77.